The Morgan fingerprint density at radius 1 is 1.03 bits per heavy atom. The van der Waals surface area contributed by atoms with E-state index in [0.717, 1.165) is 22.4 Å². The molecule has 146 valence electrons. The highest BCUT2D eigenvalue weighted by molar-refractivity contribution is 8.14. The Labute approximate surface area is 184 Å². The first kappa shape index (κ1) is 19.0. The Morgan fingerprint density at radius 2 is 1.83 bits per heavy atom. The van der Waals surface area contributed by atoms with E-state index in [0.29, 0.717) is 5.25 Å². The molecule has 1 aromatic heterocycles. The number of halogens is 1. The average Bonchev–Trinajstić information content (AvgIpc) is 3.27. The molecule has 29 heavy (non-hydrogen) atoms. The van der Waals surface area contributed by atoms with Crippen molar-refractivity contribution in [1.29, 1.82) is 0 Å². The van der Waals surface area contributed by atoms with Gasteiger partial charge in [0.25, 0.3) is 0 Å². The van der Waals surface area contributed by atoms with E-state index in [2.05, 4.69) is 59.3 Å². The number of nitrogens with zero attached hydrogens (tertiary/aromatic N) is 3. The van der Waals surface area contributed by atoms with Gasteiger partial charge in [-0.2, -0.15) is 0 Å². The van der Waals surface area contributed by atoms with Crippen LogP contribution in [0.3, 0.4) is 0 Å². The second-order valence-electron chi connectivity index (χ2n) is 7.23. The standard InChI is InChI=1S/C23H20ClN3S2/c1-15-14-27-22(21(26-23(27)28-15)19-7-4-5-13-25-19)18-6-2-3-8-20(18)29-17-11-9-16(24)10-12-17/h2-13,15,21-22H,14H2,1H3/t15-,21-,22+/m1/s1. The number of aromatic nitrogens is 1. The molecule has 3 nitrogen and oxygen atoms in total. The third-order valence-corrected chi connectivity index (χ3v) is 7.61. The van der Waals surface area contributed by atoms with Crippen molar-refractivity contribution in [2.75, 3.05) is 6.54 Å². The van der Waals surface area contributed by atoms with Crippen LogP contribution in [0.5, 0.6) is 0 Å². The molecule has 1 saturated heterocycles. The molecular weight excluding hydrogens is 418 g/mol. The van der Waals surface area contributed by atoms with Gasteiger partial charge in [0.05, 0.1) is 11.7 Å². The van der Waals surface area contributed by atoms with Gasteiger partial charge in [0.2, 0.25) is 0 Å². The second-order valence-corrected chi connectivity index (χ2v) is 10.2. The molecule has 3 atom stereocenters. The Kier molecular flexibility index (Phi) is 5.29. The zero-order chi connectivity index (χ0) is 19.8. The summed E-state index contributed by atoms with van der Waals surface area (Å²) >= 11 is 9.72. The van der Waals surface area contributed by atoms with Crippen LogP contribution < -0.4 is 0 Å². The van der Waals surface area contributed by atoms with Gasteiger partial charge < -0.3 is 4.90 Å². The molecule has 0 amide bonds. The summed E-state index contributed by atoms with van der Waals surface area (Å²) in [5.74, 6) is 0. The minimum absolute atomic E-state index is 0.0122. The van der Waals surface area contributed by atoms with E-state index in [-0.39, 0.29) is 12.1 Å². The topological polar surface area (TPSA) is 28.5 Å². The molecule has 0 bridgehead atoms. The summed E-state index contributed by atoms with van der Waals surface area (Å²) in [4.78, 5) is 14.6. The fourth-order valence-electron chi connectivity index (χ4n) is 3.90. The number of aliphatic imine (C=N–C) groups is 1. The minimum atomic E-state index is 0.0122. The molecule has 0 spiro atoms. The number of hydrogen-bond donors (Lipinski definition) is 0. The molecular formula is C23H20ClN3S2. The van der Waals surface area contributed by atoms with Crippen LogP contribution in [0.4, 0.5) is 0 Å². The molecule has 0 radical (unpaired) electrons. The van der Waals surface area contributed by atoms with Crippen LogP contribution in [0.1, 0.15) is 30.3 Å². The Balaban J connectivity index is 1.55. The molecule has 2 aliphatic heterocycles. The van der Waals surface area contributed by atoms with Crippen LogP contribution >= 0.6 is 35.1 Å². The van der Waals surface area contributed by atoms with Crippen LogP contribution in [-0.2, 0) is 0 Å². The molecule has 6 heteroatoms. The quantitative estimate of drug-likeness (QED) is 0.467. The van der Waals surface area contributed by atoms with Crippen molar-refractivity contribution in [3.05, 3.63) is 89.2 Å². The average molecular weight is 438 g/mol. The van der Waals surface area contributed by atoms with E-state index in [1.165, 1.54) is 15.4 Å². The largest absolute Gasteiger partial charge is 0.341 e. The van der Waals surface area contributed by atoms with E-state index in [1.807, 2.05) is 42.2 Å². The first-order valence-corrected chi connectivity index (χ1v) is 11.7. The summed E-state index contributed by atoms with van der Waals surface area (Å²) in [5, 5.41) is 2.45. The predicted molar refractivity (Wildman–Crippen MR) is 123 cm³/mol. The second kappa shape index (κ2) is 8.05. The van der Waals surface area contributed by atoms with Gasteiger partial charge >= 0.3 is 0 Å². The van der Waals surface area contributed by atoms with Gasteiger partial charge in [-0.15, -0.1) is 0 Å². The third kappa shape index (κ3) is 3.79. The Bertz CT molecular complexity index is 1040. The molecule has 3 heterocycles. The van der Waals surface area contributed by atoms with Crippen molar-refractivity contribution in [2.24, 2.45) is 4.99 Å². The zero-order valence-electron chi connectivity index (χ0n) is 15.9. The molecule has 5 rings (SSSR count). The molecule has 0 N–H and O–H groups in total. The van der Waals surface area contributed by atoms with Crippen molar-refractivity contribution in [2.45, 2.75) is 34.0 Å². The molecule has 1 fully saturated rings. The third-order valence-electron chi connectivity index (χ3n) is 5.16. The Morgan fingerprint density at radius 3 is 2.62 bits per heavy atom. The molecule has 3 aromatic rings. The monoisotopic (exact) mass is 437 g/mol. The molecule has 2 aromatic carbocycles. The first-order valence-electron chi connectivity index (χ1n) is 9.63. The number of hydrogen-bond acceptors (Lipinski definition) is 5. The minimum Gasteiger partial charge on any atom is -0.341 e. The lowest BCUT2D eigenvalue weighted by molar-refractivity contribution is 0.317. The molecule has 0 saturated carbocycles. The maximum atomic E-state index is 6.07. The first-order chi connectivity index (χ1) is 14.2. The van der Waals surface area contributed by atoms with E-state index in [9.17, 15) is 0 Å². The van der Waals surface area contributed by atoms with Gasteiger partial charge in [0.15, 0.2) is 5.17 Å². The lowest BCUT2D eigenvalue weighted by Gasteiger charge is -2.29. The SMILES string of the molecule is C[C@@H]1CN2C(=N[C@H](c3ccccn3)[C@@H]2c2ccccc2Sc2ccc(Cl)cc2)S1. The van der Waals surface area contributed by atoms with E-state index < -0.39 is 0 Å². The van der Waals surface area contributed by atoms with E-state index in [4.69, 9.17) is 16.6 Å². The van der Waals surface area contributed by atoms with Gasteiger partial charge in [-0.3, -0.25) is 9.98 Å². The smallest absolute Gasteiger partial charge is 0.160 e. The fraction of sp³-hybridized carbons (Fsp3) is 0.217. The predicted octanol–water partition coefficient (Wildman–Crippen LogP) is 6.48. The van der Waals surface area contributed by atoms with Crippen LogP contribution in [0.15, 0.2) is 87.7 Å². The summed E-state index contributed by atoms with van der Waals surface area (Å²) < 4.78 is 0. The normalized spacial score (nSPS) is 23.2. The lowest BCUT2D eigenvalue weighted by Crippen LogP contribution is -2.28. The fourth-order valence-corrected chi connectivity index (χ4v) is 6.10. The highest BCUT2D eigenvalue weighted by Gasteiger charge is 2.44. The van der Waals surface area contributed by atoms with Crippen LogP contribution in [0.25, 0.3) is 0 Å². The van der Waals surface area contributed by atoms with Gasteiger partial charge in [0.1, 0.15) is 6.04 Å². The number of amidine groups is 1. The van der Waals surface area contributed by atoms with Crippen molar-refractivity contribution in [3.63, 3.8) is 0 Å². The molecule has 2 aliphatic rings. The highest BCUT2D eigenvalue weighted by Crippen LogP contribution is 2.49. The van der Waals surface area contributed by atoms with Crippen molar-refractivity contribution < 1.29 is 0 Å². The molecule has 0 aliphatic carbocycles. The summed E-state index contributed by atoms with van der Waals surface area (Å²) in [7, 11) is 0. The number of rotatable bonds is 4. The van der Waals surface area contributed by atoms with Crippen molar-refractivity contribution in [1.82, 2.24) is 9.88 Å². The van der Waals surface area contributed by atoms with Crippen LogP contribution in [-0.4, -0.2) is 26.8 Å². The van der Waals surface area contributed by atoms with Crippen molar-refractivity contribution >= 4 is 40.3 Å². The number of fused-ring (bicyclic) bond motifs is 1. The number of benzene rings is 2. The van der Waals surface area contributed by atoms with Gasteiger partial charge in [0, 0.05) is 32.8 Å². The maximum absolute atomic E-state index is 6.07. The van der Waals surface area contributed by atoms with Crippen LogP contribution in [0, 0.1) is 0 Å². The summed E-state index contributed by atoms with van der Waals surface area (Å²) in [5.41, 5.74) is 2.33. The summed E-state index contributed by atoms with van der Waals surface area (Å²) in [6.45, 7) is 3.28. The number of pyridine rings is 1. The summed E-state index contributed by atoms with van der Waals surface area (Å²) in [6.07, 6.45) is 1.86. The van der Waals surface area contributed by atoms with Gasteiger partial charge in [-0.25, -0.2) is 0 Å². The van der Waals surface area contributed by atoms with E-state index >= 15 is 0 Å². The van der Waals surface area contributed by atoms with E-state index in [1.54, 1.807) is 11.8 Å². The highest BCUT2D eigenvalue weighted by atomic mass is 35.5. The van der Waals surface area contributed by atoms with Crippen LogP contribution in [0.2, 0.25) is 5.02 Å². The van der Waals surface area contributed by atoms with Gasteiger partial charge in [-0.1, -0.05) is 66.3 Å². The Hall–Kier alpha value is -1.95. The maximum Gasteiger partial charge on any atom is 0.160 e. The zero-order valence-corrected chi connectivity index (χ0v) is 18.3. The van der Waals surface area contributed by atoms with Gasteiger partial charge in [-0.05, 0) is 48.0 Å². The number of thioether (sulfide) groups is 1. The van der Waals surface area contributed by atoms with Crippen molar-refractivity contribution in [3.8, 4) is 0 Å². The molecule has 0 unspecified atom stereocenters. The summed E-state index contributed by atoms with van der Waals surface area (Å²) in [6, 6.07) is 23.0. The lowest BCUT2D eigenvalue weighted by atomic mass is 9.96.